The summed E-state index contributed by atoms with van der Waals surface area (Å²) in [4.78, 5) is 14.1. The van der Waals surface area contributed by atoms with E-state index in [1.165, 1.54) is 5.56 Å². The summed E-state index contributed by atoms with van der Waals surface area (Å²) in [5.74, 6) is 0.131. The standard InChI is InChI=1S/C19H21N3O/c1-15-7-6-10-17-13-20-22(19(15)17)12-11-18(23)21(2)14-16-8-4-3-5-9-16/h3-10,13H,11-12,14H2,1-2H3. The molecule has 0 saturated carbocycles. The third kappa shape index (κ3) is 3.42. The first-order valence-corrected chi connectivity index (χ1v) is 7.84. The number of hydrogen-bond donors (Lipinski definition) is 0. The number of carbonyl (C=O) groups excluding carboxylic acids is 1. The molecule has 118 valence electrons. The molecular weight excluding hydrogens is 286 g/mol. The Hall–Kier alpha value is -2.62. The lowest BCUT2D eigenvalue weighted by molar-refractivity contribution is -0.130. The molecule has 0 aliphatic carbocycles. The average molecular weight is 307 g/mol. The van der Waals surface area contributed by atoms with Crippen molar-refractivity contribution >= 4 is 16.8 Å². The van der Waals surface area contributed by atoms with Crippen molar-refractivity contribution in [3.05, 3.63) is 65.9 Å². The zero-order valence-electron chi connectivity index (χ0n) is 13.6. The van der Waals surface area contributed by atoms with Crippen LogP contribution < -0.4 is 0 Å². The second-order valence-corrected chi connectivity index (χ2v) is 5.87. The molecule has 3 aromatic rings. The maximum atomic E-state index is 12.3. The van der Waals surface area contributed by atoms with Gasteiger partial charge in [0.25, 0.3) is 0 Å². The number of benzene rings is 2. The molecule has 0 aliphatic rings. The highest BCUT2D eigenvalue weighted by atomic mass is 16.2. The number of fused-ring (bicyclic) bond motifs is 1. The van der Waals surface area contributed by atoms with Crippen LogP contribution in [0.5, 0.6) is 0 Å². The number of nitrogens with zero attached hydrogens (tertiary/aromatic N) is 3. The van der Waals surface area contributed by atoms with Gasteiger partial charge in [-0.3, -0.25) is 9.48 Å². The Bertz CT molecular complexity index is 808. The summed E-state index contributed by atoms with van der Waals surface area (Å²) in [6.07, 6.45) is 2.31. The zero-order valence-corrected chi connectivity index (χ0v) is 13.6. The van der Waals surface area contributed by atoms with Gasteiger partial charge in [-0.25, -0.2) is 0 Å². The van der Waals surface area contributed by atoms with Gasteiger partial charge in [0.15, 0.2) is 0 Å². The van der Waals surface area contributed by atoms with Gasteiger partial charge in [0.05, 0.1) is 18.3 Å². The quantitative estimate of drug-likeness (QED) is 0.724. The van der Waals surface area contributed by atoms with Crippen LogP contribution in [0, 0.1) is 6.92 Å². The second kappa shape index (κ2) is 6.65. The predicted molar refractivity (Wildman–Crippen MR) is 92.0 cm³/mol. The van der Waals surface area contributed by atoms with E-state index in [1.54, 1.807) is 4.90 Å². The molecule has 0 fully saturated rings. The average Bonchev–Trinajstić information content (AvgIpc) is 2.98. The molecule has 2 aromatic carbocycles. The molecule has 0 N–H and O–H groups in total. The lowest BCUT2D eigenvalue weighted by atomic mass is 10.2. The van der Waals surface area contributed by atoms with Crippen molar-refractivity contribution in [1.82, 2.24) is 14.7 Å². The summed E-state index contributed by atoms with van der Waals surface area (Å²) in [5.41, 5.74) is 3.44. The third-order valence-electron chi connectivity index (χ3n) is 4.09. The number of amides is 1. The highest BCUT2D eigenvalue weighted by Gasteiger charge is 2.11. The highest BCUT2D eigenvalue weighted by molar-refractivity contribution is 5.82. The van der Waals surface area contributed by atoms with Crippen molar-refractivity contribution in [3.8, 4) is 0 Å². The van der Waals surface area contributed by atoms with Gasteiger partial charge >= 0.3 is 0 Å². The Morgan fingerprint density at radius 1 is 1.13 bits per heavy atom. The van der Waals surface area contributed by atoms with E-state index in [9.17, 15) is 4.79 Å². The molecule has 0 unspecified atom stereocenters. The van der Waals surface area contributed by atoms with Crippen molar-refractivity contribution < 1.29 is 4.79 Å². The zero-order chi connectivity index (χ0) is 16.2. The van der Waals surface area contributed by atoms with Crippen molar-refractivity contribution in [2.24, 2.45) is 0 Å². The van der Waals surface area contributed by atoms with Gasteiger partial charge in [0.1, 0.15) is 0 Å². The van der Waals surface area contributed by atoms with Crippen LogP contribution in [0.15, 0.2) is 54.7 Å². The van der Waals surface area contributed by atoms with Crippen LogP contribution in [0.25, 0.3) is 10.9 Å². The van der Waals surface area contributed by atoms with Crippen molar-refractivity contribution in [2.45, 2.75) is 26.4 Å². The number of aromatic nitrogens is 2. The smallest absolute Gasteiger partial charge is 0.224 e. The van der Waals surface area contributed by atoms with Crippen molar-refractivity contribution in [3.63, 3.8) is 0 Å². The number of hydrogen-bond acceptors (Lipinski definition) is 2. The maximum absolute atomic E-state index is 12.3. The summed E-state index contributed by atoms with van der Waals surface area (Å²) >= 11 is 0. The van der Waals surface area contributed by atoms with E-state index in [1.807, 2.05) is 54.3 Å². The van der Waals surface area contributed by atoms with Crippen LogP contribution in [0.2, 0.25) is 0 Å². The van der Waals surface area contributed by atoms with E-state index < -0.39 is 0 Å². The van der Waals surface area contributed by atoms with Gasteiger partial charge in [0.2, 0.25) is 5.91 Å². The van der Waals surface area contributed by atoms with E-state index >= 15 is 0 Å². The van der Waals surface area contributed by atoms with E-state index in [4.69, 9.17) is 0 Å². The predicted octanol–water partition coefficient (Wildman–Crippen LogP) is 3.39. The van der Waals surface area contributed by atoms with Gasteiger partial charge in [-0.15, -0.1) is 0 Å². The van der Waals surface area contributed by atoms with Crippen LogP contribution in [-0.4, -0.2) is 27.6 Å². The normalized spacial score (nSPS) is 10.9. The largest absolute Gasteiger partial charge is 0.341 e. The van der Waals surface area contributed by atoms with Gasteiger partial charge in [0, 0.05) is 25.4 Å². The topological polar surface area (TPSA) is 38.1 Å². The molecule has 0 spiro atoms. The molecule has 0 atom stereocenters. The lowest BCUT2D eigenvalue weighted by Crippen LogP contribution is -2.27. The van der Waals surface area contributed by atoms with Gasteiger partial charge < -0.3 is 4.90 Å². The van der Waals surface area contributed by atoms with Gasteiger partial charge in [-0.05, 0) is 18.1 Å². The number of rotatable bonds is 5. The lowest BCUT2D eigenvalue weighted by Gasteiger charge is -2.17. The Morgan fingerprint density at radius 3 is 2.70 bits per heavy atom. The van der Waals surface area contributed by atoms with Crippen LogP contribution in [0.1, 0.15) is 17.5 Å². The highest BCUT2D eigenvalue weighted by Crippen LogP contribution is 2.18. The Labute approximate surface area is 136 Å². The first-order valence-electron chi connectivity index (χ1n) is 7.84. The molecule has 4 heteroatoms. The molecule has 1 amide bonds. The first-order chi connectivity index (χ1) is 11.1. The van der Waals surface area contributed by atoms with Crippen LogP contribution in [0.3, 0.4) is 0 Å². The fraction of sp³-hybridized carbons (Fsp3) is 0.263. The summed E-state index contributed by atoms with van der Waals surface area (Å²) in [6.45, 7) is 3.31. The molecule has 0 bridgehead atoms. The molecule has 4 nitrogen and oxygen atoms in total. The van der Waals surface area contributed by atoms with E-state index in [0.29, 0.717) is 19.5 Å². The van der Waals surface area contributed by atoms with Crippen molar-refractivity contribution in [1.29, 1.82) is 0 Å². The van der Waals surface area contributed by atoms with E-state index in [-0.39, 0.29) is 5.91 Å². The Balaban J connectivity index is 1.64. The van der Waals surface area contributed by atoms with Gasteiger partial charge in [-0.1, -0.05) is 48.5 Å². The number of para-hydroxylation sites is 1. The molecule has 1 heterocycles. The fourth-order valence-electron chi connectivity index (χ4n) is 2.84. The molecule has 0 radical (unpaired) electrons. The molecular formula is C19H21N3O. The Kier molecular flexibility index (Phi) is 4.42. The van der Waals surface area contributed by atoms with E-state index in [2.05, 4.69) is 24.2 Å². The number of carbonyl (C=O) groups is 1. The fourth-order valence-corrected chi connectivity index (χ4v) is 2.84. The second-order valence-electron chi connectivity index (χ2n) is 5.87. The summed E-state index contributed by atoms with van der Waals surface area (Å²) in [7, 11) is 1.85. The van der Waals surface area contributed by atoms with E-state index in [0.717, 1.165) is 16.5 Å². The minimum Gasteiger partial charge on any atom is -0.341 e. The van der Waals surface area contributed by atoms with Crippen LogP contribution >= 0.6 is 0 Å². The third-order valence-corrected chi connectivity index (χ3v) is 4.09. The molecule has 3 rings (SSSR count). The molecule has 0 aliphatic heterocycles. The van der Waals surface area contributed by atoms with Crippen LogP contribution in [-0.2, 0) is 17.9 Å². The molecule has 23 heavy (non-hydrogen) atoms. The molecule has 1 aromatic heterocycles. The minimum atomic E-state index is 0.131. The number of aryl methyl sites for hydroxylation is 2. The van der Waals surface area contributed by atoms with Crippen LogP contribution in [0.4, 0.5) is 0 Å². The minimum absolute atomic E-state index is 0.131. The first kappa shape index (κ1) is 15.3. The Morgan fingerprint density at radius 2 is 1.91 bits per heavy atom. The molecule has 0 saturated heterocycles. The summed E-state index contributed by atoms with van der Waals surface area (Å²) in [6, 6.07) is 16.2. The SMILES string of the molecule is Cc1cccc2cnn(CCC(=O)N(C)Cc3ccccc3)c12. The monoisotopic (exact) mass is 307 g/mol. The maximum Gasteiger partial charge on any atom is 0.224 e. The van der Waals surface area contributed by atoms with Crippen molar-refractivity contribution in [2.75, 3.05) is 7.05 Å². The summed E-state index contributed by atoms with van der Waals surface area (Å²) < 4.78 is 1.93. The summed E-state index contributed by atoms with van der Waals surface area (Å²) in [5, 5.41) is 5.54. The van der Waals surface area contributed by atoms with Gasteiger partial charge in [-0.2, -0.15) is 5.10 Å².